The number of fused-ring (bicyclic) bond motifs is 1. The second-order valence-corrected chi connectivity index (χ2v) is 11.8. The second-order valence-electron chi connectivity index (χ2n) is 11.8. The van der Waals surface area contributed by atoms with Crippen molar-refractivity contribution in [1.82, 2.24) is 0 Å². The lowest BCUT2D eigenvalue weighted by Crippen LogP contribution is -2.37. The van der Waals surface area contributed by atoms with Crippen molar-refractivity contribution in [2.45, 2.75) is 66.2 Å². The summed E-state index contributed by atoms with van der Waals surface area (Å²) >= 11 is 0. The Morgan fingerprint density at radius 2 is 1.86 bits per heavy atom. The molecule has 4 rings (SSSR count). The van der Waals surface area contributed by atoms with Gasteiger partial charge in [-0.25, -0.2) is 0 Å². The van der Waals surface area contributed by atoms with E-state index in [-0.39, 0.29) is 5.92 Å². The molecule has 0 saturated carbocycles. The van der Waals surface area contributed by atoms with Crippen LogP contribution >= 0.6 is 0 Å². The highest BCUT2D eigenvalue weighted by molar-refractivity contribution is 5.91. The van der Waals surface area contributed by atoms with E-state index in [9.17, 15) is 0 Å². The van der Waals surface area contributed by atoms with Crippen molar-refractivity contribution in [3.05, 3.63) is 129 Å². The lowest BCUT2D eigenvalue weighted by Gasteiger charge is -2.31. The molecule has 2 atom stereocenters. The Hall–Kier alpha value is -4.30. The zero-order chi connectivity index (χ0) is 31.6. The molecule has 0 amide bonds. The van der Waals surface area contributed by atoms with Gasteiger partial charge in [0.15, 0.2) is 0 Å². The molecule has 1 aliphatic carbocycles. The van der Waals surface area contributed by atoms with Crippen LogP contribution in [0.1, 0.15) is 71.8 Å². The van der Waals surface area contributed by atoms with Gasteiger partial charge in [0.2, 0.25) is 0 Å². The van der Waals surface area contributed by atoms with Crippen LogP contribution in [-0.2, 0) is 0 Å². The average molecular weight is 583 g/mol. The monoisotopic (exact) mass is 582 g/mol. The third kappa shape index (κ3) is 7.25. The van der Waals surface area contributed by atoms with Crippen LogP contribution in [0, 0.1) is 5.92 Å². The summed E-state index contributed by atoms with van der Waals surface area (Å²) in [5, 5.41) is 4.70. The van der Waals surface area contributed by atoms with Gasteiger partial charge in [-0.2, -0.15) is 0 Å². The molecular formula is C42H50N2. The van der Waals surface area contributed by atoms with E-state index in [0.717, 1.165) is 54.0 Å². The van der Waals surface area contributed by atoms with E-state index >= 15 is 0 Å². The largest absolute Gasteiger partial charge is 0.397 e. The Labute approximate surface area is 265 Å². The zero-order valence-corrected chi connectivity index (χ0v) is 27.4. The summed E-state index contributed by atoms with van der Waals surface area (Å²) < 4.78 is 0. The minimum Gasteiger partial charge on any atom is -0.397 e. The number of nitrogen functional groups attached to an aromatic ring is 1. The van der Waals surface area contributed by atoms with Crippen LogP contribution in [0.2, 0.25) is 0 Å². The predicted octanol–water partition coefficient (Wildman–Crippen LogP) is 8.10. The summed E-state index contributed by atoms with van der Waals surface area (Å²) in [4.78, 5) is 2.37. The van der Waals surface area contributed by atoms with Gasteiger partial charge >= 0.3 is 0 Å². The lowest BCUT2D eigenvalue weighted by molar-refractivity contribution is 0.720. The Balaban J connectivity index is 2.04. The summed E-state index contributed by atoms with van der Waals surface area (Å²) in [5.41, 5.74) is 15.5. The maximum atomic E-state index is 7.38. The molecule has 2 nitrogen and oxygen atoms in total. The molecule has 1 aliphatic heterocycles. The van der Waals surface area contributed by atoms with E-state index < -0.39 is 0 Å². The predicted molar refractivity (Wildman–Crippen MR) is 197 cm³/mol. The van der Waals surface area contributed by atoms with Crippen LogP contribution < -0.4 is 31.5 Å². The smallest absolute Gasteiger partial charge is 0.0731 e. The summed E-state index contributed by atoms with van der Waals surface area (Å²) in [6.45, 7) is 19.8. The van der Waals surface area contributed by atoms with Crippen LogP contribution in [0.4, 0.5) is 11.4 Å². The van der Waals surface area contributed by atoms with E-state index in [1.54, 1.807) is 0 Å². The van der Waals surface area contributed by atoms with Crippen molar-refractivity contribution in [3.63, 3.8) is 0 Å². The van der Waals surface area contributed by atoms with Gasteiger partial charge in [0.25, 0.3) is 0 Å². The average Bonchev–Trinajstić information content (AvgIpc) is 3.03. The standard InChI is InChI=1S/C42H50N2/c1-8-12-18-33-19-16-27-44(29-33)42-40(36-26-23-31(6)35(28-36)20-13-9-2)38-22-15-14-21-37(38)39(41(42)43)32(7)24-25-34(11-4)30(5)17-10-3/h8-10,12-13,16-17,19-26,28-29,32,34H,3,6,11,14-15,18,27,43H2,1-2,4-5,7H3/b12-8-,13-9-,25-24-,30-17-,35-20-. The molecule has 2 aliphatic rings. The van der Waals surface area contributed by atoms with E-state index in [2.05, 4.69) is 143 Å². The zero-order valence-electron chi connectivity index (χ0n) is 27.4. The SMILES string of the molecule is C=C/C=C(/C)C(/C=C\C(C)c1c(N)c(N2C=C(C/C=C\C)C=CC2)c(-c2ccc(=C)/c(=C\C=C/C)c2)c2c1=CCCC=2)CC. The molecule has 0 bridgehead atoms. The molecule has 2 aromatic rings. The van der Waals surface area contributed by atoms with Crippen molar-refractivity contribution in [2.24, 2.45) is 5.92 Å². The maximum Gasteiger partial charge on any atom is 0.0731 e. The number of anilines is 2. The van der Waals surface area contributed by atoms with Crippen LogP contribution in [0.3, 0.4) is 0 Å². The van der Waals surface area contributed by atoms with Crippen molar-refractivity contribution in [2.75, 3.05) is 17.2 Å². The highest BCUT2D eigenvalue weighted by atomic mass is 15.1. The second kappa shape index (κ2) is 15.4. The van der Waals surface area contributed by atoms with Crippen molar-refractivity contribution in [3.8, 4) is 11.1 Å². The first-order valence-electron chi connectivity index (χ1n) is 16.1. The molecule has 2 aromatic carbocycles. The van der Waals surface area contributed by atoms with Gasteiger partial charge in [-0.15, -0.1) is 0 Å². The Kier molecular flexibility index (Phi) is 11.4. The van der Waals surface area contributed by atoms with E-state index in [1.165, 1.54) is 38.3 Å². The van der Waals surface area contributed by atoms with Crippen LogP contribution in [0.5, 0.6) is 0 Å². The molecule has 228 valence electrons. The number of benzene rings is 2. The fourth-order valence-electron chi connectivity index (χ4n) is 6.35. The van der Waals surface area contributed by atoms with Crippen LogP contribution in [0.25, 0.3) is 35.9 Å². The summed E-state index contributed by atoms with van der Waals surface area (Å²) in [6, 6.07) is 6.62. The summed E-state index contributed by atoms with van der Waals surface area (Å²) in [5.74, 6) is 0.525. The molecule has 0 spiro atoms. The Morgan fingerprint density at radius 1 is 1.09 bits per heavy atom. The summed E-state index contributed by atoms with van der Waals surface area (Å²) in [6.07, 6.45) is 34.9. The first-order chi connectivity index (χ1) is 21.3. The molecule has 0 fully saturated rings. The van der Waals surface area contributed by atoms with Crippen molar-refractivity contribution >= 4 is 36.2 Å². The Bertz CT molecular complexity index is 1790. The van der Waals surface area contributed by atoms with Gasteiger partial charge in [-0.3, -0.25) is 0 Å². The highest BCUT2D eigenvalue weighted by Crippen LogP contribution is 2.38. The molecule has 1 heterocycles. The number of nitrogens with two attached hydrogens (primary N) is 1. The fourth-order valence-corrected chi connectivity index (χ4v) is 6.35. The van der Waals surface area contributed by atoms with Gasteiger partial charge < -0.3 is 10.6 Å². The number of nitrogens with zero attached hydrogens (tertiary/aromatic N) is 1. The molecule has 0 saturated heterocycles. The van der Waals surface area contributed by atoms with Crippen LogP contribution in [-0.4, -0.2) is 6.54 Å². The third-order valence-electron chi connectivity index (χ3n) is 8.72. The molecule has 44 heavy (non-hydrogen) atoms. The number of hydrogen-bond acceptors (Lipinski definition) is 2. The van der Waals surface area contributed by atoms with Crippen molar-refractivity contribution in [1.29, 1.82) is 0 Å². The van der Waals surface area contributed by atoms with E-state index in [0.29, 0.717) is 5.92 Å². The minimum absolute atomic E-state index is 0.150. The van der Waals surface area contributed by atoms with Gasteiger partial charge in [0.05, 0.1) is 11.4 Å². The number of allylic oxidation sites excluding steroid dienone is 11. The molecule has 0 radical (unpaired) electrons. The highest BCUT2D eigenvalue weighted by Gasteiger charge is 2.24. The molecule has 2 unspecified atom stereocenters. The number of hydrogen-bond donors (Lipinski definition) is 1. The maximum absolute atomic E-state index is 7.38. The minimum atomic E-state index is 0.150. The van der Waals surface area contributed by atoms with Gasteiger partial charge in [-0.05, 0) is 96.0 Å². The molecule has 2 heteroatoms. The normalized spacial score (nSPS) is 17.1. The topological polar surface area (TPSA) is 29.3 Å². The first-order valence-corrected chi connectivity index (χ1v) is 16.1. The van der Waals surface area contributed by atoms with Gasteiger partial charge in [0, 0.05) is 24.2 Å². The first kappa shape index (κ1) is 32.6. The summed E-state index contributed by atoms with van der Waals surface area (Å²) in [7, 11) is 0. The van der Waals surface area contributed by atoms with Crippen LogP contribution in [0.15, 0.2) is 103 Å². The molecule has 2 N–H and O–H groups in total. The van der Waals surface area contributed by atoms with E-state index in [4.69, 9.17) is 5.73 Å². The van der Waals surface area contributed by atoms with Gasteiger partial charge in [-0.1, -0.05) is 124 Å². The third-order valence-corrected chi connectivity index (χ3v) is 8.72. The quantitative estimate of drug-likeness (QED) is 0.165. The van der Waals surface area contributed by atoms with E-state index in [1.807, 2.05) is 13.0 Å². The Morgan fingerprint density at radius 3 is 2.57 bits per heavy atom. The molecule has 0 aromatic heterocycles. The fraction of sp³-hybridized carbons (Fsp3) is 0.286. The van der Waals surface area contributed by atoms with Gasteiger partial charge in [0.1, 0.15) is 0 Å². The number of rotatable bonds is 11. The van der Waals surface area contributed by atoms with Crippen molar-refractivity contribution < 1.29 is 0 Å². The molecular weight excluding hydrogens is 532 g/mol. The lowest BCUT2D eigenvalue weighted by atomic mass is 9.85.